The van der Waals surface area contributed by atoms with Crippen LogP contribution in [-0.4, -0.2) is 21.5 Å². The lowest BCUT2D eigenvalue weighted by atomic mass is 10.0. The predicted octanol–water partition coefficient (Wildman–Crippen LogP) is 2.58. The molecule has 0 aliphatic heterocycles. The molecule has 0 saturated heterocycles. The Hall–Kier alpha value is -1.81. The van der Waals surface area contributed by atoms with E-state index >= 15 is 0 Å². The number of aromatic nitrogens is 3. The molecule has 2 heterocycles. The average molecular weight is 256 g/mol. The Labute approximate surface area is 114 Å². The van der Waals surface area contributed by atoms with Gasteiger partial charge in [0.15, 0.2) is 0 Å². The van der Waals surface area contributed by atoms with Crippen molar-refractivity contribution in [2.75, 3.05) is 6.54 Å². The normalized spacial score (nSPS) is 12.4. The van der Waals surface area contributed by atoms with E-state index in [1.165, 1.54) is 11.1 Å². The predicted molar refractivity (Wildman–Crippen MR) is 75.9 cm³/mol. The highest BCUT2D eigenvalue weighted by molar-refractivity contribution is 5.31. The van der Waals surface area contributed by atoms with E-state index in [0.29, 0.717) is 0 Å². The summed E-state index contributed by atoms with van der Waals surface area (Å²) in [6.45, 7) is 7.12. The van der Waals surface area contributed by atoms with Gasteiger partial charge in [-0.2, -0.15) is 0 Å². The summed E-state index contributed by atoms with van der Waals surface area (Å²) in [7, 11) is 0. The number of aryl methyl sites for hydroxylation is 2. The number of nitrogens with one attached hydrogen (secondary N) is 1. The van der Waals surface area contributed by atoms with Crippen LogP contribution in [0.1, 0.15) is 42.0 Å². The summed E-state index contributed by atoms with van der Waals surface area (Å²) in [4.78, 5) is 12.9. The molecule has 19 heavy (non-hydrogen) atoms. The van der Waals surface area contributed by atoms with Crippen LogP contribution in [0.3, 0.4) is 0 Å². The van der Waals surface area contributed by atoms with Crippen molar-refractivity contribution >= 4 is 0 Å². The fourth-order valence-electron chi connectivity index (χ4n) is 2.08. The minimum Gasteiger partial charge on any atom is -0.305 e. The second-order valence-electron chi connectivity index (χ2n) is 4.65. The molecule has 0 aliphatic carbocycles. The smallest absolute Gasteiger partial charge is 0.125 e. The van der Waals surface area contributed by atoms with Crippen molar-refractivity contribution in [2.45, 2.75) is 33.2 Å². The topological polar surface area (TPSA) is 50.7 Å². The molecule has 100 valence electrons. The first-order valence-electron chi connectivity index (χ1n) is 6.65. The van der Waals surface area contributed by atoms with Gasteiger partial charge in [0.05, 0.1) is 11.7 Å². The van der Waals surface area contributed by atoms with Gasteiger partial charge in [0.2, 0.25) is 0 Å². The molecule has 1 atom stereocenters. The third kappa shape index (κ3) is 3.35. The van der Waals surface area contributed by atoms with E-state index in [1.54, 1.807) is 0 Å². The Bertz CT molecular complexity index is 539. The number of hydrogen-bond acceptors (Lipinski definition) is 4. The highest BCUT2D eigenvalue weighted by Gasteiger charge is 2.17. The second-order valence-corrected chi connectivity index (χ2v) is 4.65. The average Bonchev–Trinajstić information content (AvgIpc) is 2.41. The van der Waals surface area contributed by atoms with Crippen molar-refractivity contribution in [1.82, 2.24) is 20.3 Å². The molecule has 4 heteroatoms. The van der Waals surface area contributed by atoms with Gasteiger partial charge in [0.25, 0.3) is 0 Å². The fraction of sp³-hybridized carbons (Fsp3) is 0.400. The van der Waals surface area contributed by atoms with Crippen LogP contribution in [0.15, 0.2) is 30.7 Å². The van der Waals surface area contributed by atoms with Crippen LogP contribution in [0.2, 0.25) is 0 Å². The van der Waals surface area contributed by atoms with Crippen LogP contribution >= 0.6 is 0 Å². The van der Waals surface area contributed by atoms with Crippen molar-refractivity contribution in [2.24, 2.45) is 0 Å². The van der Waals surface area contributed by atoms with Gasteiger partial charge in [-0.15, -0.1) is 0 Å². The zero-order chi connectivity index (χ0) is 13.7. The summed E-state index contributed by atoms with van der Waals surface area (Å²) >= 11 is 0. The van der Waals surface area contributed by atoms with Crippen LogP contribution in [0.25, 0.3) is 0 Å². The molecule has 1 N–H and O–H groups in total. The summed E-state index contributed by atoms with van der Waals surface area (Å²) in [5.74, 6) is 0.794. The SMILES string of the molecule is CCCNC(c1ccnc(C)n1)c1cnccc1C. The molecular formula is C15H20N4. The third-order valence-corrected chi connectivity index (χ3v) is 3.08. The van der Waals surface area contributed by atoms with E-state index in [2.05, 4.69) is 34.1 Å². The quantitative estimate of drug-likeness (QED) is 0.893. The molecule has 4 nitrogen and oxygen atoms in total. The molecule has 0 spiro atoms. The lowest BCUT2D eigenvalue weighted by molar-refractivity contribution is 0.580. The number of hydrogen-bond donors (Lipinski definition) is 1. The van der Waals surface area contributed by atoms with Gasteiger partial charge >= 0.3 is 0 Å². The van der Waals surface area contributed by atoms with E-state index in [-0.39, 0.29) is 6.04 Å². The highest BCUT2D eigenvalue weighted by Crippen LogP contribution is 2.22. The number of rotatable bonds is 5. The lowest BCUT2D eigenvalue weighted by Crippen LogP contribution is -2.25. The van der Waals surface area contributed by atoms with Crippen molar-refractivity contribution in [1.29, 1.82) is 0 Å². The van der Waals surface area contributed by atoms with Crippen LogP contribution in [0, 0.1) is 13.8 Å². The number of pyridine rings is 1. The molecule has 2 aromatic rings. The van der Waals surface area contributed by atoms with Gasteiger partial charge in [-0.05, 0) is 50.1 Å². The zero-order valence-electron chi connectivity index (χ0n) is 11.7. The van der Waals surface area contributed by atoms with E-state index in [4.69, 9.17) is 0 Å². The van der Waals surface area contributed by atoms with Crippen molar-refractivity contribution in [3.63, 3.8) is 0 Å². The molecule has 0 aliphatic rings. The molecular weight excluding hydrogens is 236 g/mol. The van der Waals surface area contributed by atoms with E-state index in [9.17, 15) is 0 Å². The van der Waals surface area contributed by atoms with Crippen molar-refractivity contribution in [3.05, 3.63) is 53.4 Å². The molecule has 0 amide bonds. The Morgan fingerprint density at radius 2 is 2.05 bits per heavy atom. The maximum absolute atomic E-state index is 4.54. The van der Waals surface area contributed by atoms with Gasteiger partial charge in [-0.1, -0.05) is 6.92 Å². The zero-order valence-corrected chi connectivity index (χ0v) is 11.7. The van der Waals surface area contributed by atoms with E-state index in [1.807, 2.05) is 37.6 Å². The first-order chi connectivity index (χ1) is 9.22. The van der Waals surface area contributed by atoms with E-state index in [0.717, 1.165) is 24.5 Å². The van der Waals surface area contributed by atoms with Crippen molar-refractivity contribution < 1.29 is 0 Å². The largest absolute Gasteiger partial charge is 0.305 e. The van der Waals surface area contributed by atoms with Crippen LogP contribution < -0.4 is 5.32 Å². The number of nitrogens with zero attached hydrogens (tertiary/aromatic N) is 3. The third-order valence-electron chi connectivity index (χ3n) is 3.08. The fourth-order valence-corrected chi connectivity index (χ4v) is 2.08. The summed E-state index contributed by atoms with van der Waals surface area (Å²) in [6.07, 6.45) is 6.63. The van der Waals surface area contributed by atoms with Crippen molar-refractivity contribution in [3.8, 4) is 0 Å². The maximum atomic E-state index is 4.54. The van der Waals surface area contributed by atoms with Gasteiger partial charge < -0.3 is 5.32 Å². The standard InChI is InChI=1S/C15H20N4/c1-4-7-18-15(13-10-16-8-5-11(13)2)14-6-9-17-12(3)19-14/h5-6,8-10,15,18H,4,7H2,1-3H3. The van der Waals surface area contributed by atoms with Gasteiger partial charge in [0.1, 0.15) is 5.82 Å². The van der Waals surface area contributed by atoms with Gasteiger partial charge in [-0.3, -0.25) is 4.98 Å². The second kappa shape index (κ2) is 6.38. The summed E-state index contributed by atoms with van der Waals surface area (Å²) in [5.41, 5.74) is 3.39. The molecule has 2 rings (SSSR count). The summed E-state index contributed by atoms with van der Waals surface area (Å²) in [6, 6.07) is 4.08. The minimum absolute atomic E-state index is 0.0790. The summed E-state index contributed by atoms with van der Waals surface area (Å²) < 4.78 is 0. The molecule has 0 fully saturated rings. The molecule has 0 radical (unpaired) electrons. The molecule has 0 saturated carbocycles. The molecule has 2 aromatic heterocycles. The Kier molecular flexibility index (Phi) is 4.58. The molecule has 0 aromatic carbocycles. The first kappa shape index (κ1) is 13.6. The Morgan fingerprint density at radius 1 is 1.21 bits per heavy atom. The highest BCUT2D eigenvalue weighted by atomic mass is 15.0. The Morgan fingerprint density at radius 3 is 2.74 bits per heavy atom. The minimum atomic E-state index is 0.0790. The molecule has 1 unspecified atom stereocenters. The van der Waals surface area contributed by atoms with E-state index < -0.39 is 0 Å². The lowest BCUT2D eigenvalue weighted by Gasteiger charge is -2.20. The monoisotopic (exact) mass is 256 g/mol. The van der Waals surface area contributed by atoms with Gasteiger partial charge in [0, 0.05) is 18.6 Å². The maximum Gasteiger partial charge on any atom is 0.125 e. The Balaban J connectivity index is 2.38. The van der Waals surface area contributed by atoms with Crippen LogP contribution in [0.5, 0.6) is 0 Å². The summed E-state index contributed by atoms with van der Waals surface area (Å²) in [5, 5.41) is 3.54. The van der Waals surface area contributed by atoms with Crippen LogP contribution in [0.4, 0.5) is 0 Å². The van der Waals surface area contributed by atoms with Crippen LogP contribution in [-0.2, 0) is 0 Å². The molecule has 0 bridgehead atoms. The van der Waals surface area contributed by atoms with Gasteiger partial charge in [-0.25, -0.2) is 9.97 Å². The first-order valence-corrected chi connectivity index (χ1v) is 6.65.